The topological polar surface area (TPSA) is 49.0 Å². The number of halogens is 4. The third kappa shape index (κ3) is 5.44. The molecule has 2 aromatic rings. The molecule has 1 aromatic carbocycles. The number of carbonyl (C=O) groups excluding carboxylic acids is 1. The monoisotopic (exact) mass is 431 g/mol. The molecule has 1 aromatic heterocycles. The Morgan fingerprint density at radius 1 is 1.29 bits per heavy atom. The zero-order valence-electron chi connectivity index (χ0n) is 15.1. The molecule has 1 amide bonds. The van der Waals surface area contributed by atoms with Crippen molar-refractivity contribution in [3.8, 4) is 0 Å². The first-order chi connectivity index (χ1) is 13.3. The number of carbonyl (C=O) groups is 1. The Labute approximate surface area is 170 Å². The molecule has 1 aliphatic heterocycles. The van der Waals surface area contributed by atoms with Crippen LogP contribution >= 0.6 is 23.4 Å². The number of thioether (sulfide) groups is 1. The molecule has 1 aliphatic rings. The van der Waals surface area contributed by atoms with E-state index in [0.29, 0.717) is 17.5 Å². The average molecular weight is 432 g/mol. The minimum atomic E-state index is -4.59. The summed E-state index contributed by atoms with van der Waals surface area (Å²) < 4.78 is 38.5. The van der Waals surface area contributed by atoms with Gasteiger partial charge in [0.2, 0.25) is 0 Å². The van der Waals surface area contributed by atoms with Crippen molar-refractivity contribution in [3.63, 3.8) is 0 Å². The van der Waals surface area contributed by atoms with E-state index in [-0.39, 0.29) is 12.2 Å². The van der Waals surface area contributed by atoms with E-state index in [1.54, 1.807) is 17.0 Å². The maximum atomic E-state index is 12.9. The Morgan fingerprint density at radius 2 is 2.00 bits per heavy atom. The third-order valence-corrected chi connectivity index (χ3v) is 6.27. The minimum Gasteiger partial charge on any atom is -0.333 e. The molecule has 0 unspecified atom stereocenters. The maximum absolute atomic E-state index is 12.9. The molecule has 0 aliphatic carbocycles. The van der Waals surface area contributed by atoms with Crippen molar-refractivity contribution in [2.45, 2.75) is 32.0 Å². The van der Waals surface area contributed by atoms with Crippen LogP contribution in [0.15, 0.2) is 30.3 Å². The van der Waals surface area contributed by atoms with Crippen molar-refractivity contribution in [2.24, 2.45) is 5.92 Å². The molecule has 0 saturated carbocycles. The highest BCUT2D eigenvalue weighted by Crippen LogP contribution is 2.29. The van der Waals surface area contributed by atoms with E-state index in [9.17, 15) is 18.0 Å². The summed E-state index contributed by atoms with van der Waals surface area (Å²) in [4.78, 5) is 14.5. The molecule has 9 heteroatoms. The van der Waals surface area contributed by atoms with Crippen LogP contribution in [0.1, 0.15) is 41.0 Å². The highest BCUT2D eigenvalue weighted by molar-refractivity contribution is 7.99. The van der Waals surface area contributed by atoms with Gasteiger partial charge >= 0.3 is 6.18 Å². The van der Waals surface area contributed by atoms with Gasteiger partial charge in [-0.15, -0.1) is 0 Å². The van der Waals surface area contributed by atoms with Gasteiger partial charge in [-0.25, -0.2) is 0 Å². The van der Waals surface area contributed by atoms with E-state index >= 15 is 0 Å². The number of aromatic amines is 1. The molecule has 1 saturated heterocycles. The predicted octanol–water partition coefficient (Wildman–Crippen LogP) is 5.26. The molecular weight excluding hydrogens is 411 g/mol. The van der Waals surface area contributed by atoms with Crippen LogP contribution in [0, 0.1) is 5.92 Å². The van der Waals surface area contributed by atoms with Gasteiger partial charge < -0.3 is 4.90 Å². The Hall–Kier alpha value is -1.67. The molecule has 3 rings (SSSR count). The molecule has 0 atom stereocenters. The number of alkyl halides is 3. The summed E-state index contributed by atoms with van der Waals surface area (Å²) in [6.07, 6.45) is -1.58. The van der Waals surface area contributed by atoms with Crippen LogP contribution in [0.2, 0.25) is 5.02 Å². The van der Waals surface area contributed by atoms with Gasteiger partial charge in [0.1, 0.15) is 5.69 Å². The number of rotatable bonds is 6. The van der Waals surface area contributed by atoms with E-state index in [0.717, 1.165) is 42.4 Å². The molecule has 2 heterocycles. The summed E-state index contributed by atoms with van der Waals surface area (Å²) >= 11 is 8.15. The number of nitrogens with zero attached hydrogens (tertiary/aromatic N) is 2. The fraction of sp³-hybridized carbons (Fsp3) is 0.474. The average Bonchev–Trinajstić information content (AvgIpc) is 3.17. The van der Waals surface area contributed by atoms with Gasteiger partial charge in [0, 0.05) is 24.2 Å². The van der Waals surface area contributed by atoms with Crippen molar-refractivity contribution >= 4 is 29.3 Å². The van der Waals surface area contributed by atoms with E-state index in [1.165, 1.54) is 0 Å². The highest BCUT2D eigenvalue weighted by atomic mass is 35.5. The quantitative estimate of drug-likeness (QED) is 0.678. The standard InChI is InChI=1S/C19H21ClF3N3OS/c20-15-4-2-1-3-14(15)12-26(8-5-13-6-9-28-10-7-13)18(27)16-11-17(25-24-16)19(21,22)23/h1-4,11,13H,5-10,12H2,(H,24,25). The first-order valence-electron chi connectivity index (χ1n) is 9.07. The van der Waals surface area contributed by atoms with Crippen molar-refractivity contribution in [3.05, 3.63) is 52.3 Å². The van der Waals surface area contributed by atoms with Gasteiger partial charge in [0.25, 0.3) is 5.91 Å². The summed E-state index contributed by atoms with van der Waals surface area (Å²) in [7, 11) is 0. The van der Waals surface area contributed by atoms with Crippen LogP contribution < -0.4 is 0 Å². The van der Waals surface area contributed by atoms with Gasteiger partial charge in [-0.1, -0.05) is 29.8 Å². The number of amides is 1. The van der Waals surface area contributed by atoms with Gasteiger partial charge in [0.05, 0.1) is 0 Å². The van der Waals surface area contributed by atoms with Crippen LogP contribution in [0.25, 0.3) is 0 Å². The van der Waals surface area contributed by atoms with Gasteiger partial charge in [-0.05, 0) is 48.3 Å². The lowest BCUT2D eigenvalue weighted by molar-refractivity contribution is -0.141. The molecule has 1 fully saturated rings. The third-order valence-electron chi connectivity index (χ3n) is 4.85. The summed E-state index contributed by atoms with van der Waals surface area (Å²) in [5, 5.41) is 6.00. The van der Waals surface area contributed by atoms with Crippen molar-refractivity contribution < 1.29 is 18.0 Å². The zero-order chi connectivity index (χ0) is 20.1. The van der Waals surface area contributed by atoms with Crippen molar-refractivity contribution in [1.29, 1.82) is 0 Å². The van der Waals surface area contributed by atoms with Crippen LogP contribution in [-0.4, -0.2) is 39.1 Å². The van der Waals surface area contributed by atoms with E-state index in [1.807, 2.05) is 23.9 Å². The lowest BCUT2D eigenvalue weighted by atomic mass is 9.98. The van der Waals surface area contributed by atoms with E-state index in [2.05, 4.69) is 10.2 Å². The predicted molar refractivity (Wildman–Crippen MR) is 104 cm³/mol. The second kappa shape index (κ2) is 9.22. The Bertz CT molecular complexity index is 806. The number of nitrogens with one attached hydrogen (secondary N) is 1. The first-order valence-corrected chi connectivity index (χ1v) is 10.6. The summed E-state index contributed by atoms with van der Waals surface area (Å²) in [6, 6.07) is 7.92. The molecule has 1 N–H and O–H groups in total. The van der Waals surface area contributed by atoms with Crippen LogP contribution in [0.5, 0.6) is 0 Å². The van der Waals surface area contributed by atoms with Crippen molar-refractivity contribution in [2.75, 3.05) is 18.1 Å². The first kappa shape index (κ1) is 21.0. The number of aromatic nitrogens is 2. The molecule has 0 spiro atoms. The molecule has 4 nitrogen and oxygen atoms in total. The van der Waals surface area contributed by atoms with Crippen LogP contribution in [-0.2, 0) is 12.7 Å². The largest absolute Gasteiger partial charge is 0.435 e. The van der Waals surface area contributed by atoms with E-state index in [4.69, 9.17) is 11.6 Å². The minimum absolute atomic E-state index is 0.168. The van der Waals surface area contributed by atoms with Gasteiger partial charge in [-0.3, -0.25) is 9.89 Å². The number of hydrogen-bond donors (Lipinski definition) is 1. The molecule has 0 radical (unpaired) electrons. The lowest BCUT2D eigenvalue weighted by Gasteiger charge is -2.27. The summed E-state index contributed by atoms with van der Waals surface area (Å²) in [6.45, 7) is 0.695. The van der Waals surface area contributed by atoms with Gasteiger partial charge in [-0.2, -0.15) is 30.0 Å². The maximum Gasteiger partial charge on any atom is 0.435 e. The van der Waals surface area contributed by atoms with Crippen LogP contribution in [0.3, 0.4) is 0 Å². The Balaban J connectivity index is 1.76. The second-order valence-electron chi connectivity index (χ2n) is 6.83. The molecule has 28 heavy (non-hydrogen) atoms. The van der Waals surface area contributed by atoms with E-state index < -0.39 is 17.8 Å². The van der Waals surface area contributed by atoms with Crippen molar-refractivity contribution in [1.82, 2.24) is 15.1 Å². The number of H-pyrrole nitrogens is 1. The highest BCUT2D eigenvalue weighted by Gasteiger charge is 2.35. The number of benzene rings is 1. The van der Waals surface area contributed by atoms with Crippen LogP contribution in [0.4, 0.5) is 13.2 Å². The zero-order valence-corrected chi connectivity index (χ0v) is 16.7. The fourth-order valence-corrected chi connectivity index (χ4v) is 4.60. The SMILES string of the molecule is O=C(c1cc(C(F)(F)F)n[nH]1)N(CCC1CCSCC1)Cc1ccccc1Cl. The summed E-state index contributed by atoms with van der Waals surface area (Å²) in [5.41, 5.74) is -0.510. The van der Waals surface area contributed by atoms with Gasteiger partial charge in [0.15, 0.2) is 5.69 Å². The lowest BCUT2D eigenvalue weighted by Crippen LogP contribution is -2.33. The fourth-order valence-electron chi connectivity index (χ4n) is 3.20. The molecule has 152 valence electrons. The second-order valence-corrected chi connectivity index (χ2v) is 8.46. The molecule has 0 bridgehead atoms. The Kier molecular flexibility index (Phi) is 6.93. The molecular formula is C19H21ClF3N3OS. The normalized spacial score (nSPS) is 15.6. The Morgan fingerprint density at radius 3 is 2.64 bits per heavy atom. The number of hydrogen-bond acceptors (Lipinski definition) is 3. The summed E-state index contributed by atoms with van der Waals surface area (Å²) in [5.74, 6) is 2.24. The smallest absolute Gasteiger partial charge is 0.333 e.